The van der Waals surface area contributed by atoms with Gasteiger partial charge in [0.1, 0.15) is 21.6 Å². The van der Waals surface area contributed by atoms with E-state index >= 15 is 0 Å². The second kappa shape index (κ2) is 9.70. The van der Waals surface area contributed by atoms with E-state index in [1.54, 1.807) is 25.4 Å². The van der Waals surface area contributed by atoms with E-state index < -0.39 is 0 Å². The highest BCUT2D eigenvalue weighted by Crippen LogP contribution is 2.34. The van der Waals surface area contributed by atoms with Crippen molar-refractivity contribution in [2.75, 3.05) is 19.0 Å². The van der Waals surface area contributed by atoms with E-state index in [-0.39, 0.29) is 11.6 Å². The van der Waals surface area contributed by atoms with Crippen LogP contribution in [0.3, 0.4) is 0 Å². The van der Waals surface area contributed by atoms with Crippen LogP contribution in [0.15, 0.2) is 58.9 Å². The van der Waals surface area contributed by atoms with Crippen LogP contribution in [0.4, 0.5) is 5.69 Å². The molecule has 0 aromatic carbocycles. The molecule has 7 nitrogen and oxygen atoms in total. The molecule has 0 aliphatic carbocycles. The van der Waals surface area contributed by atoms with Crippen LogP contribution >= 0.6 is 11.3 Å². The molecule has 1 unspecified atom stereocenters. The van der Waals surface area contributed by atoms with Crippen LogP contribution in [0.25, 0.3) is 26.6 Å². The second-order valence-electron chi connectivity index (χ2n) is 7.25. The summed E-state index contributed by atoms with van der Waals surface area (Å²) in [6.45, 7) is 9.72. The highest BCUT2D eigenvalue weighted by atomic mass is 32.1. The zero-order valence-corrected chi connectivity index (χ0v) is 19.3. The monoisotopic (exact) mass is 437 g/mol. The minimum atomic E-state index is -0.162. The van der Waals surface area contributed by atoms with Crippen LogP contribution in [-0.4, -0.2) is 40.6 Å². The Morgan fingerprint density at radius 2 is 2.19 bits per heavy atom. The number of hydrogen-bond donors (Lipinski definition) is 0. The van der Waals surface area contributed by atoms with Gasteiger partial charge in [-0.15, -0.1) is 11.3 Å². The van der Waals surface area contributed by atoms with Crippen LogP contribution in [0.1, 0.15) is 27.2 Å². The van der Waals surface area contributed by atoms with Gasteiger partial charge in [0, 0.05) is 33.4 Å². The Hall–Kier alpha value is -3.26. The Balaban J connectivity index is 1.85. The van der Waals surface area contributed by atoms with Gasteiger partial charge in [-0.1, -0.05) is 25.7 Å². The van der Waals surface area contributed by atoms with Crippen molar-refractivity contribution < 1.29 is 4.74 Å². The summed E-state index contributed by atoms with van der Waals surface area (Å²) in [6.07, 6.45) is 11.5. The summed E-state index contributed by atoms with van der Waals surface area (Å²) in [5, 5.41) is 0.895. The average molecular weight is 438 g/mol. The molecule has 0 aliphatic heterocycles. The first-order valence-electron chi connectivity index (χ1n) is 10.0. The maximum Gasteiger partial charge on any atom is 0.275 e. The number of thiophene rings is 1. The number of allylic oxidation sites excluding steroid dienone is 2. The Morgan fingerprint density at radius 3 is 2.90 bits per heavy atom. The number of hydrogen-bond acceptors (Lipinski definition) is 7. The van der Waals surface area contributed by atoms with Gasteiger partial charge in [0.25, 0.3) is 5.56 Å². The zero-order valence-electron chi connectivity index (χ0n) is 18.5. The molecular formula is C23H27N5O2S. The van der Waals surface area contributed by atoms with Crippen molar-refractivity contribution >= 4 is 49.6 Å². The van der Waals surface area contributed by atoms with Crippen LogP contribution in [0.2, 0.25) is 0 Å². The quantitative estimate of drug-likeness (QED) is 0.174. The average Bonchev–Trinajstić information content (AvgIpc) is 3.11. The lowest BCUT2D eigenvalue weighted by molar-refractivity contribution is 0.429. The molecule has 162 valence electrons. The van der Waals surface area contributed by atoms with Crippen LogP contribution in [0.5, 0.6) is 0 Å². The van der Waals surface area contributed by atoms with Gasteiger partial charge in [-0.05, 0) is 25.5 Å². The maximum atomic E-state index is 13.0. The first-order chi connectivity index (χ1) is 14.8. The van der Waals surface area contributed by atoms with Crippen LogP contribution in [0, 0.1) is 0 Å². The molecule has 0 N–H and O–H groups in total. The predicted molar refractivity (Wildman–Crippen MR) is 131 cm³/mol. The van der Waals surface area contributed by atoms with E-state index in [1.165, 1.54) is 22.2 Å². The summed E-state index contributed by atoms with van der Waals surface area (Å²) in [4.78, 5) is 29.2. The van der Waals surface area contributed by atoms with Crippen molar-refractivity contribution in [1.82, 2.24) is 14.5 Å². The SMILES string of the molecule is C=C(/C=C/n1cnc2c(sc3nccc(N(C)C)c32)c1=O)OC(C)=NC(C)/C=C\CC. The fraction of sp³-hybridized carbons (Fsp3) is 0.304. The smallest absolute Gasteiger partial charge is 0.275 e. The van der Waals surface area contributed by atoms with Crippen LogP contribution < -0.4 is 10.5 Å². The molecule has 8 heteroatoms. The molecule has 3 aromatic heterocycles. The van der Waals surface area contributed by atoms with Crippen molar-refractivity contribution in [2.24, 2.45) is 4.99 Å². The van der Waals surface area contributed by atoms with Crippen molar-refractivity contribution in [2.45, 2.75) is 33.2 Å². The van der Waals surface area contributed by atoms with E-state index in [0.717, 1.165) is 22.3 Å². The van der Waals surface area contributed by atoms with Gasteiger partial charge in [0.05, 0.1) is 22.6 Å². The minimum Gasteiger partial charge on any atom is -0.444 e. The third-order valence-electron chi connectivity index (χ3n) is 4.50. The number of fused-ring (bicyclic) bond motifs is 3. The van der Waals surface area contributed by atoms with Gasteiger partial charge < -0.3 is 9.64 Å². The lowest BCUT2D eigenvalue weighted by Crippen LogP contribution is -2.15. The fourth-order valence-corrected chi connectivity index (χ4v) is 4.16. The number of ether oxygens (including phenoxy) is 1. The van der Waals surface area contributed by atoms with E-state index in [2.05, 4.69) is 34.5 Å². The molecule has 0 saturated heterocycles. The Kier molecular flexibility index (Phi) is 7.02. The predicted octanol–water partition coefficient (Wildman–Crippen LogP) is 4.85. The zero-order chi connectivity index (χ0) is 22.5. The first-order valence-corrected chi connectivity index (χ1v) is 10.8. The number of aromatic nitrogens is 3. The molecule has 0 spiro atoms. The van der Waals surface area contributed by atoms with Gasteiger partial charge in [0.2, 0.25) is 0 Å². The summed E-state index contributed by atoms with van der Waals surface area (Å²) >= 11 is 1.35. The van der Waals surface area contributed by atoms with Crippen LogP contribution in [-0.2, 0) is 4.74 Å². The topological polar surface area (TPSA) is 72.6 Å². The lowest BCUT2D eigenvalue weighted by atomic mass is 10.2. The van der Waals surface area contributed by atoms with E-state index in [9.17, 15) is 4.79 Å². The fourth-order valence-electron chi connectivity index (χ4n) is 3.10. The van der Waals surface area contributed by atoms with E-state index in [0.29, 0.717) is 21.9 Å². The van der Waals surface area contributed by atoms with Gasteiger partial charge in [-0.25, -0.2) is 15.0 Å². The third kappa shape index (κ3) is 5.08. The normalized spacial score (nSPS) is 13.5. The van der Waals surface area contributed by atoms with Crippen molar-refractivity contribution in [1.29, 1.82) is 0 Å². The van der Waals surface area contributed by atoms with E-state index in [4.69, 9.17) is 4.74 Å². The standard InChI is InChI=1S/C23H27N5O2S/c1-7-8-9-15(2)26-17(4)30-16(3)11-13-28-14-25-20-19-18(27(5)6)10-12-24-22(19)31-21(20)23(28)29/h8-15H,3,7H2,1-2,4-6H3/b9-8-,13-11+,26-17?. The number of rotatable bonds is 7. The number of pyridine rings is 1. The highest BCUT2D eigenvalue weighted by Gasteiger charge is 2.15. The van der Waals surface area contributed by atoms with Crippen molar-refractivity contribution in [3.05, 3.63) is 59.5 Å². The first kappa shape index (κ1) is 22.4. The summed E-state index contributed by atoms with van der Waals surface area (Å²) < 4.78 is 7.60. The van der Waals surface area contributed by atoms with Crippen molar-refractivity contribution in [3.63, 3.8) is 0 Å². The summed E-state index contributed by atoms with van der Waals surface area (Å²) in [6, 6.07) is 1.95. The third-order valence-corrected chi connectivity index (χ3v) is 5.58. The van der Waals surface area contributed by atoms with Gasteiger partial charge >= 0.3 is 0 Å². The van der Waals surface area contributed by atoms with Gasteiger partial charge in [0.15, 0.2) is 5.90 Å². The molecule has 0 saturated carbocycles. The van der Waals surface area contributed by atoms with Crippen molar-refractivity contribution in [3.8, 4) is 0 Å². The molecule has 0 amide bonds. The molecular weight excluding hydrogens is 410 g/mol. The Morgan fingerprint density at radius 1 is 1.42 bits per heavy atom. The summed E-state index contributed by atoms with van der Waals surface area (Å²) in [7, 11) is 3.92. The number of aliphatic imine (C=N–C) groups is 1. The molecule has 3 heterocycles. The van der Waals surface area contributed by atoms with Gasteiger partial charge in [-0.2, -0.15) is 0 Å². The maximum absolute atomic E-state index is 13.0. The minimum absolute atomic E-state index is 0.0274. The number of anilines is 1. The second-order valence-corrected chi connectivity index (χ2v) is 8.25. The molecule has 0 fully saturated rings. The molecule has 31 heavy (non-hydrogen) atoms. The molecule has 1 atom stereocenters. The summed E-state index contributed by atoms with van der Waals surface area (Å²) in [5.41, 5.74) is 1.49. The molecule has 0 aliphatic rings. The molecule has 3 aromatic rings. The Bertz CT molecular complexity index is 1250. The highest BCUT2D eigenvalue weighted by molar-refractivity contribution is 7.25. The lowest BCUT2D eigenvalue weighted by Gasteiger charge is -2.13. The molecule has 3 rings (SSSR count). The van der Waals surface area contributed by atoms with E-state index in [1.807, 2.05) is 38.1 Å². The van der Waals surface area contributed by atoms with Gasteiger partial charge in [-0.3, -0.25) is 9.36 Å². The largest absolute Gasteiger partial charge is 0.444 e. The molecule has 0 radical (unpaired) electrons. The molecule has 0 bridgehead atoms. The Labute approximate surface area is 185 Å². The number of nitrogens with zero attached hydrogens (tertiary/aromatic N) is 5. The summed E-state index contributed by atoms with van der Waals surface area (Å²) in [5.74, 6) is 0.892.